The van der Waals surface area contributed by atoms with Crippen LogP contribution in [0.2, 0.25) is 0 Å². The number of carboxylic acid groups (broad SMARTS) is 1. The number of Topliss-reactive ketones (excluding diaryl/α,β-unsaturated/α-hetero) is 1. The van der Waals surface area contributed by atoms with E-state index in [2.05, 4.69) is 5.32 Å². The molecular weight excluding hydrogens is 458 g/mol. The summed E-state index contributed by atoms with van der Waals surface area (Å²) in [5.74, 6) is -8.22. The molecule has 1 rings (SSSR count). The van der Waals surface area contributed by atoms with Gasteiger partial charge in [-0.1, -0.05) is 30.3 Å². The highest BCUT2D eigenvalue weighted by Crippen LogP contribution is 2.24. The average molecular weight is 494 g/mol. The molecule has 3 atom stereocenters. The third kappa shape index (κ3) is 11.0. The summed E-state index contributed by atoms with van der Waals surface area (Å²) >= 11 is 0. The summed E-state index contributed by atoms with van der Waals surface area (Å²) in [6.07, 6.45) is -1.54. The van der Waals surface area contributed by atoms with Crippen LogP contribution in [0.4, 0.5) is 4.79 Å². The number of hydrogen-bond acceptors (Lipinski definition) is 8. The third-order valence-electron chi connectivity index (χ3n) is 4.49. The first-order valence-corrected chi connectivity index (χ1v) is 11.2. The van der Waals surface area contributed by atoms with Crippen molar-refractivity contribution in [3.8, 4) is 0 Å². The fraction of sp³-hybridized carbons (Fsp3) is 0.560. The molecule has 0 saturated heterocycles. The van der Waals surface area contributed by atoms with E-state index in [1.54, 1.807) is 71.9 Å². The minimum atomic E-state index is -1.99. The molecule has 0 aliphatic carbocycles. The van der Waals surface area contributed by atoms with E-state index in [0.717, 1.165) is 0 Å². The van der Waals surface area contributed by atoms with Crippen LogP contribution in [0.1, 0.15) is 60.5 Å². The molecule has 194 valence electrons. The van der Waals surface area contributed by atoms with Gasteiger partial charge in [-0.2, -0.15) is 0 Å². The summed E-state index contributed by atoms with van der Waals surface area (Å²) in [5.41, 5.74) is -1.20. The molecule has 1 unspecified atom stereocenters. The van der Waals surface area contributed by atoms with Gasteiger partial charge in [0.1, 0.15) is 17.8 Å². The van der Waals surface area contributed by atoms with Gasteiger partial charge < -0.3 is 24.6 Å². The van der Waals surface area contributed by atoms with Gasteiger partial charge in [-0.3, -0.25) is 19.2 Å². The second kappa shape index (κ2) is 12.3. The summed E-state index contributed by atoms with van der Waals surface area (Å²) < 4.78 is 15.6. The lowest BCUT2D eigenvalue weighted by atomic mass is 9.86. The number of carbonyl (C=O) groups excluding carboxylic acids is 4. The largest absolute Gasteiger partial charge is 0.481 e. The molecular formula is C25H35NO9. The fourth-order valence-electron chi connectivity index (χ4n) is 2.93. The number of aliphatic carboxylic acids is 1. The average Bonchev–Trinajstić information content (AvgIpc) is 2.69. The maximum atomic E-state index is 12.9. The molecule has 0 radical (unpaired) electrons. The lowest BCUT2D eigenvalue weighted by molar-refractivity contribution is -0.176. The van der Waals surface area contributed by atoms with Crippen LogP contribution >= 0.6 is 0 Å². The molecule has 2 N–H and O–H groups in total. The van der Waals surface area contributed by atoms with E-state index in [1.165, 1.54) is 6.92 Å². The van der Waals surface area contributed by atoms with E-state index in [1.807, 2.05) is 0 Å². The SMILES string of the molecule is C[C@@H](NC(=O)OC(C)(C)C)C(=O)C[C@H](C(=O)OCc1ccccc1)C(C(=O)O)C(=O)OC(C)(C)C. The van der Waals surface area contributed by atoms with Crippen LogP contribution in [0.25, 0.3) is 0 Å². The summed E-state index contributed by atoms with van der Waals surface area (Å²) in [6, 6.07) is 7.51. The number of amides is 1. The molecule has 1 aromatic rings. The van der Waals surface area contributed by atoms with Crippen LogP contribution in [0, 0.1) is 11.8 Å². The second-order valence-electron chi connectivity index (χ2n) is 10.1. The quantitative estimate of drug-likeness (QED) is 0.285. The summed E-state index contributed by atoms with van der Waals surface area (Å²) in [4.78, 5) is 62.5. The lowest BCUT2D eigenvalue weighted by Crippen LogP contribution is -2.45. The number of ether oxygens (including phenoxy) is 3. The van der Waals surface area contributed by atoms with Crippen molar-refractivity contribution in [2.75, 3.05) is 0 Å². The van der Waals surface area contributed by atoms with Gasteiger partial charge in [-0.05, 0) is 54.0 Å². The molecule has 35 heavy (non-hydrogen) atoms. The Morgan fingerprint density at radius 3 is 1.91 bits per heavy atom. The van der Waals surface area contributed by atoms with Crippen molar-refractivity contribution in [2.24, 2.45) is 11.8 Å². The predicted molar refractivity (Wildman–Crippen MR) is 125 cm³/mol. The molecule has 1 amide bonds. The minimum absolute atomic E-state index is 0.184. The monoisotopic (exact) mass is 493 g/mol. The van der Waals surface area contributed by atoms with Crippen molar-refractivity contribution in [3.63, 3.8) is 0 Å². The van der Waals surface area contributed by atoms with Crippen molar-refractivity contribution in [1.82, 2.24) is 5.32 Å². The van der Waals surface area contributed by atoms with Gasteiger partial charge in [0.2, 0.25) is 0 Å². The Bertz CT molecular complexity index is 913. The Labute approximate surface area is 205 Å². The lowest BCUT2D eigenvalue weighted by Gasteiger charge is -2.26. The third-order valence-corrected chi connectivity index (χ3v) is 4.49. The van der Waals surface area contributed by atoms with Crippen molar-refractivity contribution >= 4 is 29.8 Å². The summed E-state index contributed by atoms with van der Waals surface area (Å²) in [6.45, 7) is 10.8. The summed E-state index contributed by atoms with van der Waals surface area (Å²) in [5, 5.41) is 12.1. The van der Waals surface area contributed by atoms with Crippen LogP contribution in [-0.2, 0) is 40.0 Å². The molecule has 10 heteroatoms. The topological polar surface area (TPSA) is 145 Å². The van der Waals surface area contributed by atoms with E-state index >= 15 is 0 Å². The van der Waals surface area contributed by atoms with Crippen LogP contribution < -0.4 is 5.32 Å². The standard InChI is InChI=1S/C25H35NO9/c1-15(26-23(32)35-25(5,6)7)18(27)13-17(19(20(28)29)22(31)34-24(2,3)4)21(30)33-14-16-11-9-8-10-12-16/h8-12,15,17,19H,13-14H2,1-7H3,(H,26,32)(H,28,29)/t15-,17+,19?/m1/s1. The van der Waals surface area contributed by atoms with Crippen molar-refractivity contribution < 1.29 is 43.3 Å². The van der Waals surface area contributed by atoms with Crippen LogP contribution in [-0.4, -0.2) is 52.1 Å². The Balaban J connectivity index is 3.12. The Morgan fingerprint density at radius 1 is 0.886 bits per heavy atom. The van der Waals surface area contributed by atoms with Crippen LogP contribution in [0.5, 0.6) is 0 Å². The zero-order chi connectivity index (χ0) is 27.0. The first kappa shape index (κ1) is 29.6. The minimum Gasteiger partial charge on any atom is -0.481 e. The number of ketones is 1. The van der Waals surface area contributed by atoms with E-state index in [0.29, 0.717) is 5.56 Å². The first-order valence-electron chi connectivity index (χ1n) is 11.2. The van der Waals surface area contributed by atoms with E-state index < -0.39 is 65.3 Å². The van der Waals surface area contributed by atoms with Gasteiger partial charge in [-0.15, -0.1) is 0 Å². The van der Waals surface area contributed by atoms with Gasteiger partial charge in [0, 0.05) is 6.42 Å². The maximum Gasteiger partial charge on any atom is 0.408 e. The number of rotatable bonds is 10. The second-order valence-corrected chi connectivity index (χ2v) is 10.1. The molecule has 0 spiro atoms. The Morgan fingerprint density at radius 2 is 1.43 bits per heavy atom. The zero-order valence-corrected chi connectivity index (χ0v) is 21.2. The van der Waals surface area contributed by atoms with Crippen molar-refractivity contribution in [1.29, 1.82) is 0 Å². The Kier molecular flexibility index (Phi) is 10.4. The van der Waals surface area contributed by atoms with E-state index in [4.69, 9.17) is 14.2 Å². The molecule has 0 fully saturated rings. The van der Waals surface area contributed by atoms with Gasteiger partial charge in [0.25, 0.3) is 0 Å². The fourth-order valence-corrected chi connectivity index (χ4v) is 2.93. The van der Waals surface area contributed by atoms with E-state index in [-0.39, 0.29) is 6.61 Å². The van der Waals surface area contributed by atoms with Crippen molar-refractivity contribution in [3.05, 3.63) is 35.9 Å². The first-order chi connectivity index (χ1) is 16.0. The number of carboxylic acids is 1. The molecule has 0 bridgehead atoms. The number of esters is 2. The molecule has 0 aliphatic rings. The van der Waals surface area contributed by atoms with Crippen LogP contribution in [0.15, 0.2) is 30.3 Å². The number of hydrogen-bond donors (Lipinski definition) is 2. The van der Waals surface area contributed by atoms with Gasteiger partial charge in [0.05, 0.1) is 12.0 Å². The smallest absolute Gasteiger partial charge is 0.408 e. The molecule has 1 aromatic carbocycles. The molecule has 0 aromatic heterocycles. The number of benzene rings is 1. The highest BCUT2D eigenvalue weighted by molar-refractivity contribution is 6.00. The highest BCUT2D eigenvalue weighted by atomic mass is 16.6. The normalized spacial score (nSPS) is 14.1. The molecule has 0 saturated carbocycles. The summed E-state index contributed by atoms with van der Waals surface area (Å²) in [7, 11) is 0. The van der Waals surface area contributed by atoms with E-state index in [9.17, 15) is 29.1 Å². The molecule has 0 heterocycles. The predicted octanol–water partition coefficient (Wildman–Crippen LogP) is 3.26. The van der Waals surface area contributed by atoms with Gasteiger partial charge in [0.15, 0.2) is 11.7 Å². The van der Waals surface area contributed by atoms with Crippen molar-refractivity contribution in [2.45, 2.75) is 78.7 Å². The number of carbonyl (C=O) groups is 5. The number of nitrogens with one attached hydrogen (secondary N) is 1. The zero-order valence-electron chi connectivity index (χ0n) is 21.2. The van der Waals surface area contributed by atoms with Crippen LogP contribution in [0.3, 0.4) is 0 Å². The number of alkyl carbamates (subject to hydrolysis) is 1. The maximum absolute atomic E-state index is 12.9. The molecule has 10 nitrogen and oxygen atoms in total. The van der Waals surface area contributed by atoms with Gasteiger partial charge >= 0.3 is 24.0 Å². The Hall–Kier alpha value is -3.43. The van der Waals surface area contributed by atoms with Gasteiger partial charge in [-0.25, -0.2) is 4.79 Å². The highest BCUT2D eigenvalue weighted by Gasteiger charge is 2.44. The molecule has 0 aliphatic heterocycles.